The average molecular weight is 391 g/mol. The molecule has 2 atom stereocenters. The molecule has 2 N–H and O–H groups in total. The molecule has 1 saturated carbocycles. The molecule has 1 aliphatic carbocycles. The maximum absolute atomic E-state index is 12.7. The molecule has 27 heavy (non-hydrogen) atoms. The summed E-state index contributed by atoms with van der Waals surface area (Å²) >= 11 is 1.25. The fourth-order valence-corrected chi connectivity index (χ4v) is 5.16. The first-order chi connectivity index (χ1) is 12.9. The number of aryl methyl sites for hydroxylation is 2. The number of carbonyl (C=O) groups excluding carboxylic acids is 2. The van der Waals surface area contributed by atoms with E-state index in [9.17, 15) is 9.59 Å². The minimum absolute atomic E-state index is 0.174. The van der Waals surface area contributed by atoms with Crippen molar-refractivity contribution in [2.75, 3.05) is 18.8 Å². The van der Waals surface area contributed by atoms with Gasteiger partial charge in [-0.3, -0.25) is 9.59 Å². The molecular weight excluding hydrogens is 360 g/mol. The first-order valence-electron chi connectivity index (χ1n) is 9.97. The van der Waals surface area contributed by atoms with Crippen LogP contribution in [0.2, 0.25) is 0 Å². The fourth-order valence-electron chi connectivity index (χ4n) is 4.49. The van der Waals surface area contributed by atoms with Gasteiger partial charge in [0, 0.05) is 30.9 Å². The van der Waals surface area contributed by atoms with Crippen molar-refractivity contribution < 1.29 is 9.59 Å². The van der Waals surface area contributed by atoms with Crippen LogP contribution >= 0.6 is 11.8 Å². The molecule has 0 bridgehead atoms. The van der Waals surface area contributed by atoms with Gasteiger partial charge in [0.2, 0.25) is 11.8 Å². The Morgan fingerprint density at radius 3 is 2.44 bits per heavy atom. The second-order valence-corrected chi connectivity index (χ2v) is 8.79. The summed E-state index contributed by atoms with van der Waals surface area (Å²) in [6, 6.07) is 0. The minimum Gasteiger partial charge on any atom is -0.369 e. The number of carbonyl (C=O) groups is 2. The monoisotopic (exact) mass is 390 g/mol. The van der Waals surface area contributed by atoms with E-state index < -0.39 is 0 Å². The van der Waals surface area contributed by atoms with Gasteiger partial charge in [0.15, 0.2) is 5.16 Å². The number of piperidine rings is 1. The van der Waals surface area contributed by atoms with E-state index in [1.165, 1.54) is 43.9 Å². The van der Waals surface area contributed by atoms with E-state index in [2.05, 4.69) is 14.9 Å². The lowest BCUT2D eigenvalue weighted by Gasteiger charge is -2.41. The number of amides is 2. The van der Waals surface area contributed by atoms with E-state index in [1.807, 2.05) is 13.8 Å². The van der Waals surface area contributed by atoms with Crippen molar-refractivity contribution in [1.82, 2.24) is 14.9 Å². The molecule has 2 aliphatic rings. The summed E-state index contributed by atoms with van der Waals surface area (Å²) in [5.74, 6) is 1.60. The number of nitrogens with two attached hydrogens (primary N) is 1. The summed E-state index contributed by atoms with van der Waals surface area (Å²) in [6.45, 7) is 5.74. The third-order valence-electron chi connectivity index (χ3n) is 5.98. The van der Waals surface area contributed by atoms with Crippen LogP contribution in [0.3, 0.4) is 0 Å². The molecule has 6 nitrogen and oxygen atoms in total. The maximum atomic E-state index is 12.7. The van der Waals surface area contributed by atoms with Crippen LogP contribution < -0.4 is 5.73 Å². The standard InChI is InChI=1S/C20H30N4O2S/c1-13-17(14(2)23-20(22-13)27-12-18(21)25)7-8-19(26)24-10-9-15-5-3-4-6-16(15)11-24/h15-16H,3-12H2,1-2H3,(H2,21,25)/t15-,16+/m1/s1. The number of rotatable bonds is 6. The highest BCUT2D eigenvalue weighted by Gasteiger charge is 2.32. The molecule has 2 heterocycles. The lowest BCUT2D eigenvalue weighted by molar-refractivity contribution is -0.134. The molecule has 0 unspecified atom stereocenters. The van der Waals surface area contributed by atoms with Crippen LogP contribution in [0.1, 0.15) is 55.5 Å². The largest absolute Gasteiger partial charge is 0.369 e. The van der Waals surface area contributed by atoms with Crippen LogP contribution in [0, 0.1) is 25.7 Å². The van der Waals surface area contributed by atoms with E-state index in [1.54, 1.807) is 0 Å². The summed E-state index contributed by atoms with van der Waals surface area (Å²) in [5.41, 5.74) is 7.99. The van der Waals surface area contributed by atoms with Crippen molar-refractivity contribution >= 4 is 23.6 Å². The summed E-state index contributed by atoms with van der Waals surface area (Å²) in [6.07, 6.45) is 7.66. The molecule has 2 amide bonds. The highest BCUT2D eigenvalue weighted by atomic mass is 32.2. The Bertz CT molecular complexity index is 686. The van der Waals surface area contributed by atoms with Gasteiger partial charge in [-0.1, -0.05) is 31.0 Å². The first-order valence-corrected chi connectivity index (χ1v) is 11.0. The molecule has 1 aliphatic heterocycles. The average Bonchev–Trinajstić information content (AvgIpc) is 2.65. The molecule has 148 valence electrons. The Morgan fingerprint density at radius 1 is 1.11 bits per heavy atom. The third-order valence-corrected chi connectivity index (χ3v) is 6.85. The van der Waals surface area contributed by atoms with Crippen LogP contribution in [0.4, 0.5) is 0 Å². The number of thioether (sulfide) groups is 1. The quantitative estimate of drug-likeness (QED) is 0.596. The predicted octanol–water partition coefficient (Wildman–Crippen LogP) is 2.64. The van der Waals surface area contributed by atoms with Gasteiger partial charge in [-0.2, -0.15) is 0 Å². The second-order valence-electron chi connectivity index (χ2n) is 7.84. The zero-order valence-electron chi connectivity index (χ0n) is 16.4. The maximum Gasteiger partial charge on any atom is 0.227 e. The van der Waals surface area contributed by atoms with Gasteiger partial charge in [0.25, 0.3) is 0 Å². The van der Waals surface area contributed by atoms with Crippen LogP contribution in [-0.2, 0) is 16.0 Å². The Labute approximate surface area is 165 Å². The van der Waals surface area contributed by atoms with E-state index in [4.69, 9.17) is 5.73 Å². The molecule has 0 aromatic carbocycles. The second kappa shape index (κ2) is 9.04. The van der Waals surface area contributed by atoms with Crippen LogP contribution in [0.25, 0.3) is 0 Å². The molecule has 0 spiro atoms. The lowest BCUT2D eigenvalue weighted by Crippen LogP contribution is -2.44. The van der Waals surface area contributed by atoms with Crippen LogP contribution in [0.5, 0.6) is 0 Å². The zero-order chi connectivity index (χ0) is 19.4. The molecule has 7 heteroatoms. The normalized spacial score (nSPS) is 22.4. The number of aromatic nitrogens is 2. The summed E-state index contributed by atoms with van der Waals surface area (Å²) in [7, 11) is 0. The van der Waals surface area contributed by atoms with Gasteiger partial charge in [0.05, 0.1) is 5.75 Å². The van der Waals surface area contributed by atoms with Gasteiger partial charge >= 0.3 is 0 Å². The van der Waals surface area contributed by atoms with E-state index >= 15 is 0 Å². The number of fused-ring (bicyclic) bond motifs is 1. The lowest BCUT2D eigenvalue weighted by atomic mass is 9.75. The van der Waals surface area contributed by atoms with Crippen molar-refractivity contribution in [3.05, 3.63) is 17.0 Å². The summed E-state index contributed by atoms with van der Waals surface area (Å²) < 4.78 is 0. The molecule has 3 rings (SSSR count). The van der Waals surface area contributed by atoms with E-state index in [0.717, 1.165) is 36.0 Å². The van der Waals surface area contributed by atoms with Gasteiger partial charge in [0.1, 0.15) is 0 Å². The van der Waals surface area contributed by atoms with Gasteiger partial charge in [-0.15, -0.1) is 0 Å². The van der Waals surface area contributed by atoms with Crippen molar-refractivity contribution in [1.29, 1.82) is 0 Å². The molecule has 1 saturated heterocycles. The first kappa shape index (κ1) is 20.1. The molecule has 1 aromatic rings. The SMILES string of the molecule is Cc1nc(SCC(N)=O)nc(C)c1CCC(=O)N1CC[C@H]2CCCC[C@H]2C1. The third kappa shape index (κ3) is 5.21. The van der Waals surface area contributed by atoms with Crippen molar-refractivity contribution in [2.24, 2.45) is 17.6 Å². The highest BCUT2D eigenvalue weighted by Crippen LogP contribution is 2.36. The summed E-state index contributed by atoms with van der Waals surface area (Å²) in [5, 5.41) is 0.568. The Kier molecular flexibility index (Phi) is 6.73. The molecule has 0 radical (unpaired) electrons. The number of hydrogen-bond donors (Lipinski definition) is 1. The van der Waals surface area contributed by atoms with E-state index in [0.29, 0.717) is 23.9 Å². The number of nitrogens with zero attached hydrogens (tertiary/aromatic N) is 3. The van der Waals surface area contributed by atoms with Gasteiger partial charge in [-0.05, 0) is 50.5 Å². The topological polar surface area (TPSA) is 89.2 Å². The number of likely N-dealkylation sites (tertiary alicyclic amines) is 1. The van der Waals surface area contributed by atoms with Gasteiger partial charge in [-0.25, -0.2) is 9.97 Å². The van der Waals surface area contributed by atoms with E-state index in [-0.39, 0.29) is 17.6 Å². The highest BCUT2D eigenvalue weighted by molar-refractivity contribution is 7.99. The predicted molar refractivity (Wildman–Crippen MR) is 106 cm³/mol. The molecular formula is C20H30N4O2S. The number of primary amides is 1. The molecule has 2 fully saturated rings. The van der Waals surface area contributed by atoms with Crippen molar-refractivity contribution in [3.63, 3.8) is 0 Å². The smallest absolute Gasteiger partial charge is 0.227 e. The van der Waals surface area contributed by atoms with Crippen LogP contribution in [-0.4, -0.2) is 45.5 Å². The Balaban J connectivity index is 1.56. The van der Waals surface area contributed by atoms with Crippen molar-refractivity contribution in [2.45, 2.75) is 63.9 Å². The number of hydrogen-bond acceptors (Lipinski definition) is 5. The Morgan fingerprint density at radius 2 is 1.78 bits per heavy atom. The van der Waals surface area contributed by atoms with Crippen LogP contribution in [0.15, 0.2) is 5.16 Å². The summed E-state index contributed by atoms with van der Waals surface area (Å²) in [4.78, 5) is 34.7. The minimum atomic E-state index is -0.379. The van der Waals surface area contributed by atoms with Crippen molar-refractivity contribution in [3.8, 4) is 0 Å². The van der Waals surface area contributed by atoms with Gasteiger partial charge < -0.3 is 10.6 Å². The Hall–Kier alpha value is -1.63. The zero-order valence-corrected chi connectivity index (χ0v) is 17.2. The molecule has 1 aromatic heterocycles. The fraction of sp³-hybridized carbons (Fsp3) is 0.700.